The zero-order valence-corrected chi connectivity index (χ0v) is 11.8. The van der Waals surface area contributed by atoms with Gasteiger partial charge in [0.1, 0.15) is 0 Å². The number of carbonyl (C=O) groups is 1. The Hall–Kier alpha value is -2.34. The topological polar surface area (TPSA) is 41.5 Å². The Morgan fingerprint density at radius 3 is 2.36 bits per heavy atom. The highest BCUT2D eigenvalue weighted by atomic mass is 35.5. The van der Waals surface area contributed by atoms with E-state index in [0.717, 1.165) is 12.3 Å². The third kappa shape index (κ3) is 4.08. The summed E-state index contributed by atoms with van der Waals surface area (Å²) in [6.07, 6.45) is -3.53. The van der Waals surface area contributed by atoms with Gasteiger partial charge in [0.15, 0.2) is 0 Å². The summed E-state index contributed by atoms with van der Waals surface area (Å²) in [4.78, 5) is 11.7. The van der Waals surface area contributed by atoms with Gasteiger partial charge in [-0.05, 0) is 30.3 Å². The van der Waals surface area contributed by atoms with Crippen molar-refractivity contribution < 1.29 is 18.0 Å². The third-order valence-corrected chi connectivity index (χ3v) is 2.99. The van der Waals surface area contributed by atoms with Crippen molar-refractivity contribution >= 4 is 23.7 Å². The average molecular weight is 327 g/mol. The number of hydrogen-bond donors (Lipinski definition) is 1. The molecule has 0 aliphatic heterocycles. The zero-order chi connectivity index (χ0) is 16.2. The summed E-state index contributed by atoms with van der Waals surface area (Å²) < 4.78 is 38.3. The highest BCUT2D eigenvalue weighted by Crippen LogP contribution is 2.30. The quantitative estimate of drug-likeness (QED) is 0.669. The van der Waals surface area contributed by atoms with Crippen molar-refractivity contribution in [3.63, 3.8) is 0 Å². The molecule has 0 aliphatic rings. The molecule has 0 fully saturated rings. The first kappa shape index (κ1) is 16.0. The van der Waals surface area contributed by atoms with E-state index in [1.807, 2.05) is 0 Å². The van der Waals surface area contributed by atoms with Crippen LogP contribution in [0.1, 0.15) is 21.5 Å². The Morgan fingerprint density at radius 1 is 1.09 bits per heavy atom. The maximum absolute atomic E-state index is 12.8. The molecule has 2 rings (SSSR count). The molecule has 1 N–H and O–H groups in total. The van der Waals surface area contributed by atoms with Crippen molar-refractivity contribution in [3.8, 4) is 0 Å². The molecule has 2 aromatic rings. The predicted octanol–water partition coefficient (Wildman–Crippen LogP) is 4.12. The third-order valence-electron chi connectivity index (χ3n) is 2.74. The lowest BCUT2D eigenvalue weighted by atomic mass is 10.1. The fraction of sp³-hybridized carbons (Fsp3) is 0.0667. The van der Waals surface area contributed by atoms with Crippen molar-refractivity contribution in [2.45, 2.75) is 6.18 Å². The maximum atomic E-state index is 12.8. The van der Waals surface area contributed by atoms with E-state index in [-0.39, 0.29) is 5.56 Å². The molecule has 0 saturated heterocycles. The standard InChI is InChI=1S/C15H10ClF3N2O/c16-12-7-5-10(6-8-12)14(22)21-20-9-11-3-1-2-4-13(11)15(17,18)19/h1-9H,(H,21,22)/b20-9-. The number of benzene rings is 2. The minimum atomic E-state index is -4.48. The van der Waals surface area contributed by atoms with Crippen LogP contribution in [-0.4, -0.2) is 12.1 Å². The van der Waals surface area contributed by atoms with Gasteiger partial charge in [-0.2, -0.15) is 18.3 Å². The molecule has 0 radical (unpaired) electrons. The van der Waals surface area contributed by atoms with Crippen molar-refractivity contribution in [2.24, 2.45) is 5.10 Å². The summed E-state index contributed by atoms with van der Waals surface area (Å²) >= 11 is 5.69. The number of amides is 1. The van der Waals surface area contributed by atoms with E-state index in [0.29, 0.717) is 10.6 Å². The molecule has 7 heteroatoms. The predicted molar refractivity (Wildman–Crippen MR) is 78.0 cm³/mol. The van der Waals surface area contributed by atoms with Gasteiger partial charge in [-0.15, -0.1) is 0 Å². The minimum Gasteiger partial charge on any atom is -0.267 e. The van der Waals surface area contributed by atoms with Crippen molar-refractivity contribution in [3.05, 3.63) is 70.2 Å². The lowest BCUT2D eigenvalue weighted by molar-refractivity contribution is -0.137. The van der Waals surface area contributed by atoms with E-state index in [4.69, 9.17) is 11.6 Å². The Balaban J connectivity index is 2.10. The van der Waals surface area contributed by atoms with Gasteiger partial charge in [0.2, 0.25) is 0 Å². The monoisotopic (exact) mass is 326 g/mol. The van der Waals surface area contributed by atoms with Gasteiger partial charge in [-0.3, -0.25) is 4.79 Å². The second kappa shape index (κ2) is 6.62. The molecule has 22 heavy (non-hydrogen) atoms. The Kier molecular flexibility index (Phi) is 4.82. The summed E-state index contributed by atoms with van der Waals surface area (Å²) in [5.74, 6) is -0.544. The molecule has 0 aliphatic carbocycles. The zero-order valence-electron chi connectivity index (χ0n) is 11.1. The summed E-state index contributed by atoms with van der Waals surface area (Å²) in [5, 5.41) is 4.03. The lowest BCUT2D eigenvalue weighted by Gasteiger charge is -2.09. The van der Waals surface area contributed by atoms with Crippen LogP contribution in [0, 0.1) is 0 Å². The van der Waals surface area contributed by atoms with E-state index in [2.05, 4.69) is 10.5 Å². The van der Waals surface area contributed by atoms with Crippen molar-refractivity contribution in [1.29, 1.82) is 0 Å². The van der Waals surface area contributed by atoms with Gasteiger partial charge in [-0.1, -0.05) is 29.8 Å². The number of hydrazone groups is 1. The molecule has 114 valence electrons. The number of hydrogen-bond acceptors (Lipinski definition) is 2. The number of nitrogens with one attached hydrogen (secondary N) is 1. The van der Waals surface area contributed by atoms with Gasteiger partial charge >= 0.3 is 6.18 Å². The van der Waals surface area contributed by atoms with Gasteiger partial charge in [0.05, 0.1) is 11.8 Å². The fourth-order valence-electron chi connectivity index (χ4n) is 1.69. The lowest BCUT2D eigenvalue weighted by Crippen LogP contribution is -2.18. The summed E-state index contributed by atoms with van der Waals surface area (Å²) in [6, 6.07) is 11.0. The Morgan fingerprint density at radius 2 is 1.73 bits per heavy atom. The molecular weight excluding hydrogens is 317 g/mol. The second-order valence-corrected chi connectivity index (χ2v) is 4.73. The average Bonchev–Trinajstić information content (AvgIpc) is 2.47. The molecule has 1 amide bonds. The van der Waals surface area contributed by atoms with Gasteiger partial charge < -0.3 is 0 Å². The van der Waals surface area contributed by atoms with Crippen LogP contribution >= 0.6 is 11.6 Å². The summed E-state index contributed by atoms with van der Waals surface area (Å²) in [6.45, 7) is 0. The number of halogens is 4. The van der Waals surface area contributed by atoms with Crippen LogP contribution in [0.25, 0.3) is 0 Å². The molecule has 0 bridgehead atoms. The fourth-order valence-corrected chi connectivity index (χ4v) is 1.82. The summed E-state index contributed by atoms with van der Waals surface area (Å²) in [7, 11) is 0. The number of rotatable bonds is 3. The minimum absolute atomic E-state index is 0.133. The van der Waals surface area contributed by atoms with Crippen LogP contribution in [-0.2, 0) is 6.18 Å². The first-order valence-electron chi connectivity index (χ1n) is 6.13. The molecule has 0 atom stereocenters. The molecule has 3 nitrogen and oxygen atoms in total. The molecular formula is C15H10ClF3N2O. The molecule has 0 unspecified atom stereocenters. The number of alkyl halides is 3. The molecule has 0 aromatic heterocycles. The smallest absolute Gasteiger partial charge is 0.267 e. The van der Waals surface area contributed by atoms with Gasteiger partial charge in [0, 0.05) is 16.1 Å². The number of nitrogens with zero attached hydrogens (tertiary/aromatic N) is 1. The molecule has 0 spiro atoms. The SMILES string of the molecule is O=C(N/N=C\c1ccccc1C(F)(F)F)c1ccc(Cl)cc1. The Labute approximate surface area is 129 Å². The highest BCUT2D eigenvalue weighted by molar-refractivity contribution is 6.30. The van der Waals surface area contributed by atoms with E-state index in [1.165, 1.54) is 42.5 Å². The first-order valence-corrected chi connectivity index (χ1v) is 6.51. The van der Waals surface area contributed by atoms with E-state index < -0.39 is 17.6 Å². The van der Waals surface area contributed by atoms with E-state index in [9.17, 15) is 18.0 Å². The normalized spacial score (nSPS) is 11.6. The van der Waals surface area contributed by atoms with Crippen LogP contribution in [0.15, 0.2) is 53.6 Å². The first-order chi connectivity index (χ1) is 10.4. The van der Waals surface area contributed by atoms with Crippen LogP contribution in [0.3, 0.4) is 0 Å². The summed E-state index contributed by atoms with van der Waals surface area (Å²) in [5.41, 5.74) is 1.51. The molecule has 2 aromatic carbocycles. The van der Waals surface area contributed by atoms with Gasteiger partial charge in [0.25, 0.3) is 5.91 Å². The molecule has 0 heterocycles. The van der Waals surface area contributed by atoms with Crippen molar-refractivity contribution in [1.82, 2.24) is 5.43 Å². The van der Waals surface area contributed by atoms with Crippen LogP contribution in [0.4, 0.5) is 13.2 Å². The van der Waals surface area contributed by atoms with E-state index in [1.54, 1.807) is 0 Å². The highest BCUT2D eigenvalue weighted by Gasteiger charge is 2.32. The van der Waals surface area contributed by atoms with Crippen LogP contribution in [0.2, 0.25) is 5.02 Å². The molecule has 0 saturated carbocycles. The van der Waals surface area contributed by atoms with Crippen molar-refractivity contribution in [2.75, 3.05) is 0 Å². The maximum Gasteiger partial charge on any atom is 0.417 e. The Bertz CT molecular complexity index is 697. The van der Waals surface area contributed by atoms with Crippen LogP contribution in [0.5, 0.6) is 0 Å². The van der Waals surface area contributed by atoms with Crippen LogP contribution < -0.4 is 5.43 Å². The van der Waals surface area contributed by atoms with Gasteiger partial charge in [-0.25, -0.2) is 5.43 Å². The second-order valence-electron chi connectivity index (χ2n) is 4.29. The van der Waals surface area contributed by atoms with E-state index >= 15 is 0 Å². The number of carbonyl (C=O) groups excluding carboxylic acids is 1. The largest absolute Gasteiger partial charge is 0.417 e.